The molecule has 0 heterocycles. The van der Waals surface area contributed by atoms with Crippen LogP contribution in [0.3, 0.4) is 0 Å². The van der Waals surface area contributed by atoms with Gasteiger partial charge in [0.05, 0.1) is 5.92 Å². The average molecular weight is 168 g/mol. The maximum Gasteiger partial charge on any atom is 0.307 e. The summed E-state index contributed by atoms with van der Waals surface area (Å²) in [6.07, 6.45) is 2.45. The van der Waals surface area contributed by atoms with E-state index in [-0.39, 0.29) is 11.3 Å². The van der Waals surface area contributed by atoms with E-state index in [9.17, 15) is 4.79 Å². The summed E-state index contributed by atoms with van der Waals surface area (Å²) >= 11 is 0. The standard InChI is InChI=1S/C10H16O2/c1-9(2)6(8(11)12)7(9)10(3)4-5-10/h6-7H,4-5H2,1-3H3,(H,11,12)/t6-,7+/m0/s1. The molecular formula is C10H16O2. The number of hydrogen-bond acceptors (Lipinski definition) is 1. The van der Waals surface area contributed by atoms with E-state index in [4.69, 9.17) is 5.11 Å². The summed E-state index contributed by atoms with van der Waals surface area (Å²) in [5.41, 5.74) is 0.420. The molecule has 68 valence electrons. The van der Waals surface area contributed by atoms with E-state index < -0.39 is 5.97 Å². The van der Waals surface area contributed by atoms with Gasteiger partial charge >= 0.3 is 5.97 Å². The molecular weight excluding hydrogens is 152 g/mol. The zero-order chi connectivity index (χ0) is 9.15. The maximum absolute atomic E-state index is 10.9. The van der Waals surface area contributed by atoms with Crippen LogP contribution >= 0.6 is 0 Å². The lowest BCUT2D eigenvalue weighted by atomic mass is 9.96. The highest BCUT2D eigenvalue weighted by Crippen LogP contribution is 2.73. The Morgan fingerprint density at radius 1 is 1.33 bits per heavy atom. The second kappa shape index (κ2) is 1.86. The van der Waals surface area contributed by atoms with Crippen LogP contribution in [0.1, 0.15) is 33.6 Å². The van der Waals surface area contributed by atoms with E-state index >= 15 is 0 Å². The van der Waals surface area contributed by atoms with Gasteiger partial charge in [-0.2, -0.15) is 0 Å². The predicted octanol–water partition coefficient (Wildman–Crippen LogP) is 2.14. The third kappa shape index (κ3) is 0.838. The van der Waals surface area contributed by atoms with Crippen molar-refractivity contribution in [2.45, 2.75) is 33.6 Å². The number of carboxylic acid groups (broad SMARTS) is 1. The number of aliphatic carboxylic acids is 1. The van der Waals surface area contributed by atoms with Crippen molar-refractivity contribution in [3.63, 3.8) is 0 Å². The van der Waals surface area contributed by atoms with Crippen LogP contribution < -0.4 is 0 Å². The third-order valence-corrected chi connectivity index (χ3v) is 3.88. The molecule has 0 aromatic carbocycles. The fraction of sp³-hybridized carbons (Fsp3) is 0.900. The van der Waals surface area contributed by atoms with Gasteiger partial charge in [0.1, 0.15) is 0 Å². The average Bonchev–Trinajstić information content (AvgIpc) is 2.71. The Morgan fingerprint density at radius 3 is 2.08 bits per heavy atom. The topological polar surface area (TPSA) is 37.3 Å². The number of carboxylic acids is 1. The molecule has 2 saturated carbocycles. The van der Waals surface area contributed by atoms with Crippen molar-refractivity contribution in [2.75, 3.05) is 0 Å². The third-order valence-electron chi connectivity index (χ3n) is 3.88. The van der Waals surface area contributed by atoms with E-state index in [1.165, 1.54) is 12.8 Å². The van der Waals surface area contributed by atoms with Crippen molar-refractivity contribution < 1.29 is 9.90 Å². The van der Waals surface area contributed by atoms with Crippen LogP contribution in [0, 0.1) is 22.7 Å². The molecule has 0 aromatic heterocycles. The summed E-state index contributed by atoms with van der Waals surface area (Å²) in [7, 11) is 0. The fourth-order valence-electron chi connectivity index (χ4n) is 2.91. The molecule has 2 rings (SSSR count). The lowest BCUT2D eigenvalue weighted by Crippen LogP contribution is -2.05. The van der Waals surface area contributed by atoms with E-state index in [1.54, 1.807) is 0 Å². The highest BCUT2D eigenvalue weighted by Gasteiger charge is 2.71. The van der Waals surface area contributed by atoms with Crippen LogP contribution in [0.5, 0.6) is 0 Å². The van der Waals surface area contributed by atoms with E-state index in [1.807, 2.05) is 0 Å². The second-order valence-corrected chi connectivity index (χ2v) is 5.27. The molecule has 0 spiro atoms. The summed E-state index contributed by atoms with van der Waals surface area (Å²) in [5, 5.41) is 8.95. The van der Waals surface area contributed by atoms with Gasteiger partial charge in [-0.1, -0.05) is 20.8 Å². The van der Waals surface area contributed by atoms with Crippen molar-refractivity contribution in [3.8, 4) is 0 Å². The van der Waals surface area contributed by atoms with Gasteiger partial charge in [-0.15, -0.1) is 0 Å². The molecule has 0 unspecified atom stereocenters. The van der Waals surface area contributed by atoms with E-state index in [2.05, 4.69) is 20.8 Å². The highest BCUT2D eigenvalue weighted by atomic mass is 16.4. The first-order valence-corrected chi connectivity index (χ1v) is 4.62. The van der Waals surface area contributed by atoms with E-state index in [0.29, 0.717) is 11.3 Å². The molecule has 2 atom stereocenters. The number of hydrogen-bond donors (Lipinski definition) is 1. The lowest BCUT2D eigenvalue weighted by Gasteiger charge is -2.08. The van der Waals surface area contributed by atoms with Crippen LogP contribution in [0.25, 0.3) is 0 Å². The van der Waals surface area contributed by atoms with Crippen molar-refractivity contribution in [2.24, 2.45) is 22.7 Å². The smallest absolute Gasteiger partial charge is 0.307 e. The first kappa shape index (κ1) is 8.09. The summed E-state index contributed by atoms with van der Waals surface area (Å²) < 4.78 is 0. The van der Waals surface area contributed by atoms with E-state index in [0.717, 1.165) is 0 Å². The zero-order valence-electron chi connectivity index (χ0n) is 7.92. The predicted molar refractivity (Wildman–Crippen MR) is 45.7 cm³/mol. The van der Waals surface area contributed by atoms with Gasteiger partial charge < -0.3 is 5.11 Å². The minimum atomic E-state index is -0.599. The SMILES string of the molecule is CC1([C@@H]2[C@@H](C(=O)O)C2(C)C)CC1. The molecule has 0 aliphatic heterocycles. The van der Waals surface area contributed by atoms with Crippen molar-refractivity contribution in [1.82, 2.24) is 0 Å². The molecule has 1 N–H and O–H groups in total. The first-order chi connectivity index (χ1) is 5.39. The zero-order valence-corrected chi connectivity index (χ0v) is 7.92. The molecule has 0 saturated heterocycles. The summed E-state index contributed by atoms with van der Waals surface area (Å²) in [4.78, 5) is 10.9. The Hall–Kier alpha value is -0.530. The number of rotatable bonds is 2. The summed E-state index contributed by atoms with van der Waals surface area (Å²) in [6, 6.07) is 0. The first-order valence-electron chi connectivity index (χ1n) is 4.62. The van der Waals surface area contributed by atoms with Crippen LogP contribution in [0.4, 0.5) is 0 Å². The van der Waals surface area contributed by atoms with Gasteiger partial charge in [-0.05, 0) is 29.6 Å². The van der Waals surface area contributed by atoms with Crippen LogP contribution in [-0.4, -0.2) is 11.1 Å². The fourth-order valence-corrected chi connectivity index (χ4v) is 2.91. The molecule has 2 fully saturated rings. The summed E-state index contributed by atoms with van der Waals surface area (Å²) in [6.45, 7) is 6.39. The van der Waals surface area contributed by atoms with Crippen LogP contribution in [0.15, 0.2) is 0 Å². The van der Waals surface area contributed by atoms with Gasteiger partial charge in [0, 0.05) is 0 Å². The largest absolute Gasteiger partial charge is 0.481 e. The van der Waals surface area contributed by atoms with Crippen LogP contribution in [0.2, 0.25) is 0 Å². The Labute approximate surface area is 73.0 Å². The second-order valence-electron chi connectivity index (χ2n) is 5.27. The van der Waals surface area contributed by atoms with Crippen molar-refractivity contribution in [3.05, 3.63) is 0 Å². The highest BCUT2D eigenvalue weighted by molar-refractivity contribution is 5.76. The monoisotopic (exact) mass is 168 g/mol. The maximum atomic E-state index is 10.9. The molecule has 2 nitrogen and oxygen atoms in total. The lowest BCUT2D eigenvalue weighted by molar-refractivity contribution is -0.139. The minimum Gasteiger partial charge on any atom is -0.481 e. The quantitative estimate of drug-likeness (QED) is 0.686. The molecule has 0 bridgehead atoms. The number of carbonyl (C=O) groups is 1. The Kier molecular flexibility index (Phi) is 1.25. The summed E-state index contributed by atoms with van der Waals surface area (Å²) in [5.74, 6) is -0.245. The van der Waals surface area contributed by atoms with Crippen molar-refractivity contribution >= 4 is 5.97 Å². The van der Waals surface area contributed by atoms with Gasteiger partial charge in [-0.25, -0.2) is 0 Å². The van der Waals surface area contributed by atoms with Crippen molar-refractivity contribution in [1.29, 1.82) is 0 Å². The molecule has 0 aromatic rings. The van der Waals surface area contributed by atoms with Crippen LogP contribution in [-0.2, 0) is 4.79 Å². The van der Waals surface area contributed by atoms with Gasteiger partial charge in [-0.3, -0.25) is 4.79 Å². The normalized spacial score (nSPS) is 40.6. The van der Waals surface area contributed by atoms with Gasteiger partial charge in [0.2, 0.25) is 0 Å². The molecule has 2 heteroatoms. The Balaban J connectivity index is 2.16. The Morgan fingerprint density at radius 2 is 1.83 bits per heavy atom. The molecule has 2 aliphatic rings. The molecule has 0 radical (unpaired) electrons. The van der Waals surface area contributed by atoms with Gasteiger partial charge in [0.25, 0.3) is 0 Å². The molecule has 12 heavy (non-hydrogen) atoms. The molecule has 0 amide bonds. The minimum absolute atomic E-state index is 0.0527. The molecule has 2 aliphatic carbocycles. The Bertz CT molecular complexity index is 238. The van der Waals surface area contributed by atoms with Gasteiger partial charge in [0.15, 0.2) is 0 Å².